The van der Waals surface area contributed by atoms with Crippen LogP contribution in [0.5, 0.6) is 11.5 Å². The number of benzene rings is 2. The molecule has 29 heavy (non-hydrogen) atoms. The monoisotopic (exact) mass is 417 g/mol. The lowest BCUT2D eigenvalue weighted by molar-refractivity contribution is -0.383. The van der Waals surface area contributed by atoms with Gasteiger partial charge >= 0.3 is 0 Å². The minimum Gasteiger partial charge on any atom is -0.497 e. The summed E-state index contributed by atoms with van der Waals surface area (Å²) in [6.07, 6.45) is 0. The van der Waals surface area contributed by atoms with Crippen LogP contribution in [0, 0.1) is 17.0 Å². The van der Waals surface area contributed by atoms with Crippen molar-refractivity contribution in [2.24, 2.45) is 0 Å². The Bertz CT molecular complexity index is 1050. The Kier molecular flexibility index (Phi) is 5.99. The van der Waals surface area contributed by atoms with E-state index in [1.54, 1.807) is 38.3 Å². The number of amides is 1. The molecule has 1 aromatic heterocycles. The number of halogens is 1. The molecule has 0 atom stereocenters. The molecule has 2 aromatic carbocycles. The standard InChI is InChI=1S/C19H16ClN3O6/c1-11-15(10-28-14-6-4-13(27-2)5-7-14)18(22-29-11)19(24)21-16-8-3-12(20)9-17(16)23(25)26/h3-9H,10H2,1-2H3,(H,21,24). The maximum Gasteiger partial charge on any atom is 0.294 e. The molecule has 3 aromatic rings. The highest BCUT2D eigenvalue weighted by Gasteiger charge is 2.23. The third-order valence-corrected chi connectivity index (χ3v) is 4.28. The second-order valence-corrected chi connectivity index (χ2v) is 6.34. The molecule has 9 nitrogen and oxygen atoms in total. The van der Waals surface area contributed by atoms with Crippen molar-refractivity contribution < 1.29 is 23.7 Å². The molecule has 3 rings (SSSR count). The Labute approximate surface area is 170 Å². The first-order valence-electron chi connectivity index (χ1n) is 8.36. The van der Waals surface area contributed by atoms with Gasteiger partial charge in [0.15, 0.2) is 5.69 Å². The van der Waals surface area contributed by atoms with Crippen molar-refractivity contribution in [1.82, 2.24) is 5.16 Å². The van der Waals surface area contributed by atoms with Crippen LogP contribution < -0.4 is 14.8 Å². The molecule has 1 amide bonds. The molecule has 0 saturated heterocycles. The highest BCUT2D eigenvalue weighted by Crippen LogP contribution is 2.29. The van der Waals surface area contributed by atoms with Crippen molar-refractivity contribution in [3.8, 4) is 11.5 Å². The molecule has 0 spiro atoms. The molecule has 0 unspecified atom stereocenters. The number of nitrogens with zero attached hydrogens (tertiary/aromatic N) is 2. The Morgan fingerprint density at radius 2 is 1.93 bits per heavy atom. The zero-order valence-corrected chi connectivity index (χ0v) is 16.2. The molecule has 0 saturated carbocycles. The molecule has 0 bridgehead atoms. The van der Waals surface area contributed by atoms with Gasteiger partial charge in [0.2, 0.25) is 0 Å². The van der Waals surface area contributed by atoms with E-state index in [-0.39, 0.29) is 28.7 Å². The summed E-state index contributed by atoms with van der Waals surface area (Å²) in [4.78, 5) is 23.2. The SMILES string of the molecule is COc1ccc(OCc2c(C(=O)Nc3ccc(Cl)cc3[N+](=O)[O-])noc2C)cc1. The Morgan fingerprint density at radius 3 is 2.59 bits per heavy atom. The fraction of sp³-hybridized carbons (Fsp3) is 0.158. The van der Waals surface area contributed by atoms with Gasteiger partial charge < -0.3 is 19.3 Å². The fourth-order valence-electron chi connectivity index (χ4n) is 2.51. The number of anilines is 1. The fourth-order valence-corrected chi connectivity index (χ4v) is 2.68. The lowest BCUT2D eigenvalue weighted by Gasteiger charge is -2.08. The molecule has 150 valence electrons. The molecule has 10 heteroatoms. The first kappa shape index (κ1) is 20.2. The van der Waals surface area contributed by atoms with Crippen LogP contribution in [0.25, 0.3) is 0 Å². The van der Waals surface area contributed by atoms with Gasteiger partial charge in [0.05, 0.1) is 17.6 Å². The minimum absolute atomic E-state index is 0.00734. The number of aryl methyl sites for hydroxylation is 1. The maximum absolute atomic E-state index is 12.6. The third kappa shape index (κ3) is 4.64. The van der Waals surface area contributed by atoms with Gasteiger partial charge in [-0.15, -0.1) is 0 Å². The number of rotatable bonds is 7. The van der Waals surface area contributed by atoms with Crippen molar-refractivity contribution in [2.75, 3.05) is 12.4 Å². The average molecular weight is 418 g/mol. The molecule has 0 aliphatic rings. The number of carbonyl (C=O) groups is 1. The van der Waals surface area contributed by atoms with Crippen LogP contribution in [0.2, 0.25) is 5.02 Å². The smallest absolute Gasteiger partial charge is 0.294 e. The van der Waals surface area contributed by atoms with Crippen LogP contribution in [-0.4, -0.2) is 23.1 Å². The van der Waals surface area contributed by atoms with Crippen LogP contribution >= 0.6 is 11.6 Å². The van der Waals surface area contributed by atoms with Crippen molar-refractivity contribution in [3.63, 3.8) is 0 Å². The third-order valence-electron chi connectivity index (χ3n) is 4.05. The number of aromatic nitrogens is 1. The maximum atomic E-state index is 12.6. The first-order chi connectivity index (χ1) is 13.9. The molecule has 0 aliphatic carbocycles. The van der Waals surface area contributed by atoms with Gasteiger partial charge in [-0.25, -0.2) is 0 Å². The number of carbonyl (C=O) groups excluding carboxylic acids is 1. The lowest BCUT2D eigenvalue weighted by Crippen LogP contribution is -2.16. The van der Waals surface area contributed by atoms with Crippen molar-refractivity contribution in [1.29, 1.82) is 0 Å². The summed E-state index contributed by atoms with van der Waals surface area (Å²) in [6.45, 7) is 1.66. The van der Waals surface area contributed by atoms with Crippen molar-refractivity contribution in [2.45, 2.75) is 13.5 Å². The summed E-state index contributed by atoms with van der Waals surface area (Å²) in [7, 11) is 1.56. The molecular weight excluding hydrogens is 402 g/mol. The largest absolute Gasteiger partial charge is 0.497 e. The number of hydrogen-bond donors (Lipinski definition) is 1. The van der Waals surface area contributed by atoms with E-state index in [1.807, 2.05) is 0 Å². The number of methoxy groups -OCH3 is 1. The molecule has 0 fully saturated rings. The van der Waals surface area contributed by atoms with Crippen LogP contribution in [-0.2, 0) is 6.61 Å². The van der Waals surface area contributed by atoms with Gasteiger partial charge in [0, 0.05) is 11.1 Å². The second-order valence-electron chi connectivity index (χ2n) is 5.90. The van der Waals surface area contributed by atoms with E-state index in [0.29, 0.717) is 22.8 Å². The van der Waals surface area contributed by atoms with Crippen LogP contribution in [0.3, 0.4) is 0 Å². The van der Waals surface area contributed by atoms with Crippen molar-refractivity contribution in [3.05, 3.63) is 74.6 Å². The number of nitro groups is 1. The summed E-state index contributed by atoms with van der Waals surface area (Å²) in [5.41, 5.74) is 0.0596. The highest BCUT2D eigenvalue weighted by molar-refractivity contribution is 6.31. The second kappa shape index (κ2) is 8.61. The van der Waals surface area contributed by atoms with E-state index in [0.717, 1.165) is 6.07 Å². The predicted molar refractivity (Wildman–Crippen MR) is 105 cm³/mol. The zero-order chi connectivity index (χ0) is 21.0. The van der Waals surface area contributed by atoms with E-state index in [2.05, 4.69) is 10.5 Å². The van der Waals surface area contributed by atoms with E-state index in [9.17, 15) is 14.9 Å². The molecular formula is C19H16ClN3O6. The summed E-state index contributed by atoms with van der Waals surface area (Å²) in [5.74, 6) is 0.976. The lowest BCUT2D eigenvalue weighted by atomic mass is 10.2. The Balaban J connectivity index is 1.78. The number of nitrogens with one attached hydrogen (secondary N) is 1. The zero-order valence-electron chi connectivity index (χ0n) is 15.5. The summed E-state index contributed by atoms with van der Waals surface area (Å²) < 4.78 is 15.9. The molecule has 1 heterocycles. The normalized spacial score (nSPS) is 10.4. The molecule has 1 N–H and O–H groups in total. The molecule has 0 radical (unpaired) electrons. The Morgan fingerprint density at radius 1 is 1.24 bits per heavy atom. The van der Waals surface area contributed by atoms with Gasteiger partial charge in [-0.2, -0.15) is 0 Å². The summed E-state index contributed by atoms with van der Waals surface area (Å²) >= 11 is 5.79. The average Bonchev–Trinajstić information content (AvgIpc) is 3.08. The topological polar surface area (TPSA) is 117 Å². The molecule has 0 aliphatic heterocycles. The van der Waals surface area contributed by atoms with Crippen LogP contribution in [0.1, 0.15) is 21.8 Å². The minimum atomic E-state index is -0.666. The van der Waals surface area contributed by atoms with Gasteiger partial charge in [-0.05, 0) is 43.3 Å². The van der Waals surface area contributed by atoms with E-state index in [4.69, 9.17) is 25.6 Å². The van der Waals surface area contributed by atoms with Gasteiger partial charge in [-0.1, -0.05) is 16.8 Å². The van der Waals surface area contributed by atoms with E-state index < -0.39 is 10.8 Å². The van der Waals surface area contributed by atoms with E-state index >= 15 is 0 Å². The number of ether oxygens (including phenoxy) is 2. The van der Waals surface area contributed by atoms with Crippen LogP contribution in [0.15, 0.2) is 47.0 Å². The van der Waals surface area contributed by atoms with Gasteiger partial charge in [0.25, 0.3) is 11.6 Å². The Hall–Kier alpha value is -3.59. The number of hydrogen-bond acceptors (Lipinski definition) is 7. The van der Waals surface area contributed by atoms with Crippen LogP contribution in [0.4, 0.5) is 11.4 Å². The number of nitro benzene ring substituents is 1. The van der Waals surface area contributed by atoms with E-state index in [1.165, 1.54) is 12.1 Å². The highest BCUT2D eigenvalue weighted by atomic mass is 35.5. The first-order valence-corrected chi connectivity index (χ1v) is 8.74. The van der Waals surface area contributed by atoms with Gasteiger partial charge in [0.1, 0.15) is 29.6 Å². The quantitative estimate of drug-likeness (QED) is 0.447. The predicted octanol–water partition coefficient (Wildman–Crippen LogP) is 4.38. The summed E-state index contributed by atoms with van der Waals surface area (Å²) in [6, 6.07) is 10.9. The van der Waals surface area contributed by atoms with Crippen molar-refractivity contribution >= 4 is 28.9 Å². The summed E-state index contributed by atoms with van der Waals surface area (Å²) in [5, 5.41) is 17.6. The van der Waals surface area contributed by atoms with Gasteiger partial charge in [-0.3, -0.25) is 14.9 Å².